The molecule has 0 amide bonds. The minimum absolute atomic E-state index is 0.262. The van der Waals surface area contributed by atoms with Gasteiger partial charge >= 0.3 is 0 Å². The normalized spacial score (nSPS) is 14.2. The van der Waals surface area contributed by atoms with Gasteiger partial charge < -0.3 is 0 Å². The van der Waals surface area contributed by atoms with E-state index in [-0.39, 0.29) is 11.1 Å². The smallest absolute Gasteiger partial charge is 0.0127 e. The molecule has 0 radical (unpaired) electrons. The summed E-state index contributed by atoms with van der Waals surface area (Å²) in [6.45, 7) is 25.5. The highest BCUT2D eigenvalue weighted by Gasteiger charge is 2.26. The fourth-order valence-electron chi connectivity index (χ4n) is 3.15. The van der Waals surface area contributed by atoms with Crippen molar-refractivity contribution < 1.29 is 0 Å². The average Bonchev–Trinajstić information content (AvgIpc) is 2.11. The Labute approximate surface area is 122 Å². The van der Waals surface area contributed by atoms with Gasteiger partial charge in [0.1, 0.15) is 0 Å². The lowest BCUT2D eigenvalue weighted by Crippen LogP contribution is -2.49. The number of rotatable bonds is 6. The van der Waals surface area contributed by atoms with Crippen LogP contribution in [0, 0.1) is 0 Å². The first-order chi connectivity index (χ1) is 8.37. The van der Waals surface area contributed by atoms with Crippen LogP contribution in [0.15, 0.2) is 0 Å². The van der Waals surface area contributed by atoms with Crippen molar-refractivity contribution in [3.63, 3.8) is 0 Å². The molecule has 0 fully saturated rings. The van der Waals surface area contributed by atoms with Crippen molar-refractivity contribution in [2.75, 3.05) is 13.1 Å². The van der Waals surface area contributed by atoms with Crippen molar-refractivity contribution in [1.82, 2.24) is 9.80 Å². The molecule has 0 spiro atoms. The Bertz CT molecular complexity index is 217. The van der Waals surface area contributed by atoms with Gasteiger partial charge in [-0.25, -0.2) is 0 Å². The zero-order valence-electron chi connectivity index (χ0n) is 15.2. The zero-order valence-corrected chi connectivity index (χ0v) is 15.2. The predicted octanol–water partition coefficient (Wildman–Crippen LogP) is 4.39. The van der Waals surface area contributed by atoms with Crippen molar-refractivity contribution in [2.45, 2.75) is 98.8 Å². The second-order valence-corrected chi connectivity index (χ2v) is 8.27. The van der Waals surface area contributed by atoms with Gasteiger partial charge in [-0.05, 0) is 75.7 Å². The highest BCUT2D eigenvalue weighted by Crippen LogP contribution is 2.20. The summed E-state index contributed by atoms with van der Waals surface area (Å²) in [4.78, 5) is 5.21. The minimum atomic E-state index is 0.262. The van der Waals surface area contributed by atoms with Gasteiger partial charge in [0.15, 0.2) is 0 Å². The van der Waals surface area contributed by atoms with Gasteiger partial charge in [-0.15, -0.1) is 0 Å². The van der Waals surface area contributed by atoms with Crippen LogP contribution < -0.4 is 0 Å². The standard InChI is InChI=1S/C17H38N2/c1-14(2)18(16(5,6)7)12-11-13-19(15(3)4)17(8,9)10/h14-15H,11-13H2,1-10H3. The summed E-state index contributed by atoms with van der Waals surface area (Å²) < 4.78 is 0. The van der Waals surface area contributed by atoms with Crippen molar-refractivity contribution in [2.24, 2.45) is 0 Å². The van der Waals surface area contributed by atoms with Gasteiger partial charge in [0.05, 0.1) is 0 Å². The SMILES string of the molecule is CC(C)N(CCCN(C(C)C)C(C)(C)C)C(C)(C)C. The second kappa shape index (κ2) is 7.08. The summed E-state index contributed by atoms with van der Waals surface area (Å²) in [7, 11) is 0. The van der Waals surface area contributed by atoms with Crippen LogP contribution in [0.4, 0.5) is 0 Å². The van der Waals surface area contributed by atoms with Crippen LogP contribution in [0.3, 0.4) is 0 Å². The van der Waals surface area contributed by atoms with Crippen molar-refractivity contribution in [3.05, 3.63) is 0 Å². The molecule has 2 heteroatoms. The fraction of sp³-hybridized carbons (Fsp3) is 1.00. The van der Waals surface area contributed by atoms with E-state index in [0.717, 1.165) is 0 Å². The molecule has 0 atom stereocenters. The largest absolute Gasteiger partial charge is 0.296 e. The van der Waals surface area contributed by atoms with E-state index in [1.165, 1.54) is 19.5 Å². The van der Waals surface area contributed by atoms with Gasteiger partial charge in [-0.2, -0.15) is 0 Å². The third kappa shape index (κ3) is 6.76. The molecule has 0 aromatic heterocycles. The molecule has 0 N–H and O–H groups in total. The molecule has 0 saturated heterocycles. The average molecular weight is 271 g/mol. The number of nitrogens with zero attached hydrogens (tertiary/aromatic N) is 2. The molecule has 0 rings (SSSR count). The van der Waals surface area contributed by atoms with E-state index in [1.807, 2.05) is 0 Å². The number of hydrogen-bond donors (Lipinski definition) is 0. The summed E-state index contributed by atoms with van der Waals surface area (Å²) in [6, 6.07) is 1.23. The van der Waals surface area contributed by atoms with E-state index < -0.39 is 0 Å². The molecule has 2 nitrogen and oxygen atoms in total. The van der Waals surface area contributed by atoms with E-state index in [4.69, 9.17) is 0 Å². The van der Waals surface area contributed by atoms with E-state index in [1.54, 1.807) is 0 Å². The highest BCUT2D eigenvalue weighted by atomic mass is 15.2. The van der Waals surface area contributed by atoms with E-state index in [9.17, 15) is 0 Å². The lowest BCUT2D eigenvalue weighted by molar-refractivity contribution is 0.0668. The molecule has 0 heterocycles. The first-order valence-electron chi connectivity index (χ1n) is 7.91. The molecular formula is C17H38N2. The predicted molar refractivity (Wildman–Crippen MR) is 87.8 cm³/mol. The first kappa shape index (κ1) is 18.9. The van der Waals surface area contributed by atoms with E-state index >= 15 is 0 Å². The van der Waals surface area contributed by atoms with Crippen LogP contribution in [-0.4, -0.2) is 46.1 Å². The zero-order chi connectivity index (χ0) is 15.4. The topological polar surface area (TPSA) is 6.48 Å². The maximum absolute atomic E-state index is 2.61. The molecule has 0 saturated carbocycles. The van der Waals surface area contributed by atoms with Gasteiger partial charge in [-0.3, -0.25) is 9.80 Å². The first-order valence-corrected chi connectivity index (χ1v) is 7.91. The van der Waals surface area contributed by atoms with Crippen molar-refractivity contribution in [1.29, 1.82) is 0 Å². The Balaban J connectivity index is 4.47. The minimum Gasteiger partial charge on any atom is -0.296 e. The van der Waals surface area contributed by atoms with Crippen molar-refractivity contribution in [3.8, 4) is 0 Å². The van der Waals surface area contributed by atoms with E-state index in [2.05, 4.69) is 79.0 Å². The second-order valence-electron chi connectivity index (χ2n) is 8.27. The Morgan fingerprint density at radius 1 is 0.632 bits per heavy atom. The summed E-state index contributed by atoms with van der Waals surface area (Å²) in [5, 5.41) is 0. The fourth-order valence-corrected chi connectivity index (χ4v) is 3.15. The molecule has 0 aliphatic rings. The van der Waals surface area contributed by atoms with E-state index in [0.29, 0.717) is 12.1 Å². The van der Waals surface area contributed by atoms with Crippen LogP contribution in [0.1, 0.15) is 75.7 Å². The summed E-state index contributed by atoms with van der Waals surface area (Å²) >= 11 is 0. The molecule has 116 valence electrons. The molecule has 0 unspecified atom stereocenters. The molecule has 0 aromatic rings. The Morgan fingerprint density at radius 2 is 0.895 bits per heavy atom. The Morgan fingerprint density at radius 3 is 1.05 bits per heavy atom. The Kier molecular flexibility index (Phi) is 7.05. The van der Waals surface area contributed by atoms with Gasteiger partial charge in [0, 0.05) is 36.3 Å². The summed E-state index contributed by atoms with van der Waals surface area (Å²) in [5.74, 6) is 0. The van der Waals surface area contributed by atoms with Crippen LogP contribution in [0.5, 0.6) is 0 Å². The molecule has 0 aromatic carbocycles. The monoisotopic (exact) mass is 270 g/mol. The molecule has 0 bridgehead atoms. The lowest BCUT2D eigenvalue weighted by atomic mass is 10.0. The Hall–Kier alpha value is -0.0800. The van der Waals surface area contributed by atoms with Crippen molar-refractivity contribution >= 4 is 0 Å². The number of hydrogen-bond acceptors (Lipinski definition) is 2. The molecule has 0 aliphatic carbocycles. The van der Waals surface area contributed by atoms with Crippen LogP contribution in [0.25, 0.3) is 0 Å². The molecular weight excluding hydrogens is 232 g/mol. The van der Waals surface area contributed by atoms with Gasteiger partial charge in [0.25, 0.3) is 0 Å². The summed E-state index contributed by atoms with van der Waals surface area (Å²) in [5.41, 5.74) is 0.525. The molecule has 19 heavy (non-hydrogen) atoms. The molecule has 0 aliphatic heterocycles. The maximum Gasteiger partial charge on any atom is 0.0127 e. The van der Waals surface area contributed by atoms with Gasteiger partial charge in [0.2, 0.25) is 0 Å². The lowest BCUT2D eigenvalue weighted by Gasteiger charge is -2.42. The van der Waals surface area contributed by atoms with Crippen LogP contribution >= 0.6 is 0 Å². The quantitative estimate of drug-likeness (QED) is 0.706. The summed E-state index contributed by atoms with van der Waals surface area (Å²) in [6.07, 6.45) is 1.24. The third-order valence-electron chi connectivity index (χ3n) is 3.77. The third-order valence-corrected chi connectivity index (χ3v) is 3.77. The maximum atomic E-state index is 2.61. The van der Waals surface area contributed by atoms with Gasteiger partial charge in [-0.1, -0.05) is 0 Å². The van der Waals surface area contributed by atoms with Crippen LogP contribution in [0.2, 0.25) is 0 Å². The van der Waals surface area contributed by atoms with Crippen LogP contribution in [-0.2, 0) is 0 Å². The highest BCUT2D eigenvalue weighted by molar-refractivity contribution is 4.82.